The predicted molar refractivity (Wildman–Crippen MR) is 90.8 cm³/mol. The maximum absolute atomic E-state index is 9.47. The van der Waals surface area contributed by atoms with E-state index in [-0.39, 0.29) is 0 Å². The topological polar surface area (TPSA) is 26.7 Å². The van der Waals surface area contributed by atoms with Crippen molar-refractivity contribution in [1.82, 2.24) is 9.80 Å². The number of nitrogens with zero attached hydrogens (tertiary/aromatic N) is 2. The van der Waals surface area contributed by atoms with Crippen molar-refractivity contribution in [1.29, 1.82) is 0 Å². The van der Waals surface area contributed by atoms with E-state index in [1.807, 2.05) is 0 Å². The molecule has 0 amide bonds. The van der Waals surface area contributed by atoms with Gasteiger partial charge in [-0.1, -0.05) is 49.6 Å². The number of piperazine rings is 1. The van der Waals surface area contributed by atoms with Gasteiger partial charge in [0.05, 0.1) is 0 Å². The van der Waals surface area contributed by atoms with Gasteiger partial charge in [-0.3, -0.25) is 9.80 Å². The lowest BCUT2D eigenvalue weighted by Crippen LogP contribution is -2.56. The highest BCUT2D eigenvalue weighted by Crippen LogP contribution is 2.27. The molecule has 2 fully saturated rings. The summed E-state index contributed by atoms with van der Waals surface area (Å²) in [6, 6.07) is 12.1. The summed E-state index contributed by atoms with van der Waals surface area (Å²) in [4.78, 5) is 5.28. The first-order chi connectivity index (χ1) is 10.9. The molecule has 1 atom stereocenters. The largest absolute Gasteiger partial charge is 0.396 e. The molecule has 1 aromatic carbocycles. The SMILES string of the molecule is OCC[C@H]1CN(Cc2ccccc2)CCN1C1CCCCC1. The lowest BCUT2D eigenvalue weighted by atomic mass is 9.91. The van der Waals surface area contributed by atoms with Gasteiger partial charge in [0.2, 0.25) is 0 Å². The summed E-state index contributed by atoms with van der Waals surface area (Å²) in [5.74, 6) is 0. The van der Waals surface area contributed by atoms with Crippen LogP contribution in [0.3, 0.4) is 0 Å². The summed E-state index contributed by atoms with van der Waals surface area (Å²) in [5, 5.41) is 9.47. The first-order valence-electron chi connectivity index (χ1n) is 8.99. The third-order valence-electron chi connectivity index (χ3n) is 5.37. The van der Waals surface area contributed by atoms with Crippen LogP contribution >= 0.6 is 0 Å². The Labute approximate surface area is 134 Å². The average molecular weight is 302 g/mol. The highest BCUT2D eigenvalue weighted by atomic mass is 16.3. The van der Waals surface area contributed by atoms with Gasteiger partial charge in [0, 0.05) is 44.9 Å². The fourth-order valence-corrected chi connectivity index (χ4v) is 4.22. The van der Waals surface area contributed by atoms with Crippen molar-refractivity contribution in [2.45, 2.75) is 57.2 Å². The third kappa shape index (κ3) is 4.09. The number of hydrogen-bond acceptors (Lipinski definition) is 3. The van der Waals surface area contributed by atoms with Crippen LogP contribution in [0.4, 0.5) is 0 Å². The van der Waals surface area contributed by atoms with Crippen molar-refractivity contribution >= 4 is 0 Å². The van der Waals surface area contributed by atoms with Crippen LogP contribution in [0.15, 0.2) is 30.3 Å². The van der Waals surface area contributed by atoms with Gasteiger partial charge in [0.15, 0.2) is 0 Å². The molecule has 2 aliphatic rings. The normalized spacial score (nSPS) is 25.4. The van der Waals surface area contributed by atoms with E-state index < -0.39 is 0 Å². The van der Waals surface area contributed by atoms with E-state index in [0.29, 0.717) is 12.6 Å². The second-order valence-electron chi connectivity index (χ2n) is 6.92. The Morgan fingerprint density at radius 3 is 2.50 bits per heavy atom. The van der Waals surface area contributed by atoms with Crippen molar-refractivity contribution in [3.8, 4) is 0 Å². The molecule has 1 N–H and O–H groups in total. The second kappa shape index (κ2) is 8.09. The Balaban J connectivity index is 1.60. The number of rotatable bonds is 5. The molecule has 1 aliphatic heterocycles. The molecular formula is C19H30N2O. The second-order valence-corrected chi connectivity index (χ2v) is 6.92. The Morgan fingerprint density at radius 1 is 1.00 bits per heavy atom. The molecule has 22 heavy (non-hydrogen) atoms. The van der Waals surface area contributed by atoms with Gasteiger partial charge in [0.25, 0.3) is 0 Å². The van der Waals surface area contributed by atoms with E-state index in [9.17, 15) is 5.11 Å². The molecule has 0 unspecified atom stereocenters. The molecule has 1 saturated carbocycles. The van der Waals surface area contributed by atoms with Crippen LogP contribution < -0.4 is 0 Å². The zero-order chi connectivity index (χ0) is 15.2. The van der Waals surface area contributed by atoms with E-state index >= 15 is 0 Å². The zero-order valence-electron chi connectivity index (χ0n) is 13.7. The van der Waals surface area contributed by atoms with Crippen LogP contribution in [0.1, 0.15) is 44.1 Å². The molecule has 1 aromatic rings. The summed E-state index contributed by atoms with van der Waals surface area (Å²) in [7, 11) is 0. The average Bonchev–Trinajstić information content (AvgIpc) is 2.57. The minimum Gasteiger partial charge on any atom is -0.396 e. The maximum Gasteiger partial charge on any atom is 0.0446 e. The molecular weight excluding hydrogens is 272 g/mol. The van der Waals surface area contributed by atoms with Crippen LogP contribution in [0.5, 0.6) is 0 Å². The summed E-state index contributed by atoms with van der Waals surface area (Å²) in [5.41, 5.74) is 1.40. The lowest BCUT2D eigenvalue weighted by molar-refractivity contribution is 0.0137. The summed E-state index contributed by atoms with van der Waals surface area (Å²) in [6.07, 6.45) is 7.83. The third-order valence-corrected chi connectivity index (χ3v) is 5.37. The molecule has 0 spiro atoms. The molecule has 122 valence electrons. The van der Waals surface area contributed by atoms with E-state index in [1.54, 1.807) is 0 Å². The molecule has 3 heteroatoms. The van der Waals surface area contributed by atoms with Gasteiger partial charge in [-0.25, -0.2) is 0 Å². The standard InChI is InChI=1S/C19H30N2O/c22-14-11-19-16-20(15-17-7-3-1-4-8-17)12-13-21(19)18-9-5-2-6-10-18/h1,3-4,7-8,18-19,22H,2,5-6,9-16H2/t19-/m0/s1. The smallest absolute Gasteiger partial charge is 0.0446 e. The maximum atomic E-state index is 9.47. The monoisotopic (exact) mass is 302 g/mol. The van der Waals surface area contributed by atoms with Crippen molar-refractivity contribution in [2.75, 3.05) is 26.2 Å². The van der Waals surface area contributed by atoms with Crippen LogP contribution in [-0.2, 0) is 6.54 Å². The van der Waals surface area contributed by atoms with E-state index in [4.69, 9.17) is 0 Å². The molecule has 3 nitrogen and oxygen atoms in total. The molecule has 0 radical (unpaired) electrons. The Hall–Kier alpha value is -0.900. The van der Waals surface area contributed by atoms with Crippen LogP contribution in [-0.4, -0.2) is 53.2 Å². The quantitative estimate of drug-likeness (QED) is 0.906. The lowest BCUT2D eigenvalue weighted by Gasteiger charge is -2.46. The fraction of sp³-hybridized carbons (Fsp3) is 0.684. The van der Waals surface area contributed by atoms with Crippen molar-refractivity contribution in [3.63, 3.8) is 0 Å². The molecule has 1 heterocycles. The minimum absolute atomic E-state index is 0.313. The van der Waals surface area contributed by atoms with Crippen LogP contribution in [0, 0.1) is 0 Å². The molecule has 0 bridgehead atoms. The van der Waals surface area contributed by atoms with E-state index in [2.05, 4.69) is 40.1 Å². The number of aliphatic hydroxyl groups excluding tert-OH is 1. The fourth-order valence-electron chi connectivity index (χ4n) is 4.22. The summed E-state index contributed by atoms with van der Waals surface area (Å²) in [6.45, 7) is 4.79. The first kappa shape index (κ1) is 16.0. The van der Waals surface area contributed by atoms with Crippen LogP contribution in [0.25, 0.3) is 0 Å². The van der Waals surface area contributed by atoms with Gasteiger partial charge in [-0.15, -0.1) is 0 Å². The molecule has 1 saturated heterocycles. The molecule has 1 aliphatic carbocycles. The highest BCUT2D eigenvalue weighted by molar-refractivity contribution is 5.14. The van der Waals surface area contributed by atoms with Gasteiger partial charge in [-0.05, 0) is 24.8 Å². The van der Waals surface area contributed by atoms with E-state index in [0.717, 1.165) is 32.1 Å². The highest BCUT2D eigenvalue weighted by Gasteiger charge is 2.32. The van der Waals surface area contributed by atoms with Crippen molar-refractivity contribution < 1.29 is 5.11 Å². The molecule has 3 rings (SSSR count). The van der Waals surface area contributed by atoms with Gasteiger partial charge < -0.3 is 5.11 Å². The summed E-state index contributed by atoms with van der Waals surface area (Å²) < 4.78 is 0. The van der Waals surface area contributed by atoms with Crippen LogP contribution in [0.2, 0.25) is 0 Å². The Morgan fingerprint density at radius 2 is 1.77 bits per heavy atom. The van der Waals surface area contributed by atoms with Gasteiger partial charge >= 0.3 is 0 Å². The number of hydrogen-bond donors (Lipinski definition) is 1. The number of benzene rings is 1. The van der Waals surface area contributed by atoms with E-state index in [1.165, 1.54) is 44.2 Å². The molecule has 0 aromatic heterocycles. The zero-order valence-corrected chi connectivity index (χ0v) is 13.7. The number of aliphatic hydroxyl groups is 1. The minimum atomic E-state index is 0.313. The predicted octanol–water partition coefficient (Wildman–Crippen LogP) is 2.89. The Kier molecular flexibility index (Phi) is 5.88. The Bertz CT molecular complexity index is 430. The first-order valence-corrected chi connectivity index (χ1v) is 8.99. The van der Waals surface area contributed by atoms with Gasteiger partial charge in [0.1, 0.15) is 0 Å². The van der Waals surface area contributed by atoms with Crippen molar-refractivity contribution in [3.05, 3.63) is 35.9 Å². The van der Waals surface area contributed by atoms with Crippen molar-refractivity contribution in [2.24, 2.45) is 0 Å². The summed E-state index contributed by atoms with van der Waals surface area (Å²) >= 11 is 0. The van der Waals surface area contributed by atoms with Gasteiger partial charge in [-0.2, -0.15) is 0 Å².